The molecule has 0 saturated carbocycles. The van der Waals surface area contributed by atoms with Gasteiger partial charge in [-0.05, 0) is 164 Å². The van der Waals surface area contributed by atoms with Crippen molar-refractivity contribution in [3.8, 4) is 34.3 Å². The average molecular weight is 1950 g/mol. The maximum Gasteiger partial charge on any atom is 0.363 e. The van der Waals surface area contributed by atoms with Crippen LogP contribution in [0.3, 0.4) is 0 Å². The molecule has 18 heterocycles. The summed E-state index contributed by atoms with van der Waals surface area (Å²) in [7, 11) is 6.38. The first-order valence-electron chi connectivity index (χ1n) is 41.6. The molecule has 704 valence electrons. The van der Waals surface area contributed by atoms with Crippen molar-refractivity contribution in [2.45, 2.75) is 101 Å². The number of anilines is 10. The van der Waals surface area contributed by atoms with Crippen LogP contribution in [0.25, 0.3) is 45.1 Å². The molecule has 2 unspecified atom stereocenters. The lowest BCUT2D eigenvalue weighted by Crippen LogP contribution is -2.50. The molecule has 2 aromatic carbocycles. The minimum absolute atomic E-state index is 0. The number of nitrogens with two attached hydrogens (primary N) is 2. The van der Waals surface area contributed by atoms with Gasteiger partial charge in [0.2, 0.25) is 11.6 Å². The molecule has 133 heavy (non-hydrogen) atoms. The predicted molar refractivity (Wildman–Crippen MR) is 489 cm³/mol. The number of imidazole rings is 2. The summed E-state index contributed by atoms with van der Waals surface area (Å²) in [5.74, 6) is 1.60. The van der Waals surface area contributed by atoms with Crippen LogP contribution in [-0.2, 0) is 30.0 Å². The van der Waals surface area contributed by atoms with Gasteiger partial charge in [-0.15, -0.1) is 32.8 Å². The normalized spacial score (nSPS) is 16.6. The summed E-state index contributed by atoms with van der Waals surface area (Å²) in [5, 5.41) is 99.6. The number of aliphatic hydroxyl groups is 5. The summed E-state index contributed by atoms with van der Waals surface area (Å²) in [6, 6.07) is 31.2. The van der Waals surface area contributed by atoms with E-state index in [9.17, 15) is 42.9 Å². The largest absolute Gasteiger partial charge is 0.494 e. The second kappa shape index (κ2) is 44.8. The number of nitro groups is 2. The average Bonchev–Trinajstić information content (AvgIpc) is 1.60. The van der Waals surface area contributed by atoms with Crippen LogP contribution in [0.15, 0.2) is 145 Å². The summed E-state index contributed by atoms with van der Waals surface area (Å²) >= 11 is 9.42. The van der Waals surface area contributed by atoms with Crippen LogP contribution in [0.1, 0.15) is 86.9 Å². The van der Waals surface area contributed by atoms with Crippen LogP contribution < -0.4 is 56.5 Å². The first-order valence-corrected chi connectivity index (χ1v) is 42.8. The molecule has 7 fully saturated rings. The SMILES string of the molecule is COc1c(Nc2cc(Cc3ccc(N4CC(O)C4)cn3)nc3c2nc(C(F)F)n3C2CCCCO2)cccc1-c1nnn(C)n1.COc1c(Nc2cc(Cl)nc3c2nc(C(F)F)n3C2CCCCO2)cccc1-c1nnn(C)n1.Cl.Nc1ccc(N2CC(O)C2)cn1.Nc1ccc(N2CC(O)C2)cn1.O=[N+]([O-])c1ccc(Br)cn1.O=[N+]([O-])c1ccc(N2CC(O)C2)cn1.OC1CNC1. The van der Waals surface area contributed by atoms with Crippen LogP contribution in [0, 0.1) is 20.2 Å². The number of aromatic nitrogens is 19. The van der Waals surface area contributed by atoms with Crippen molar-refractivity contribution < 1.29 is 71.9 Å². The van der Waals surface area contributed by atoms with Gasteiger partial charge in [0.15, 0.2) is 46.8 Å². The molecule has 0 spiro atoms. The predicted octanol–water partition coefficient (Wildman–Crippen LogP) is 9.83. The maximum absolute atomic E-state index is 14.5. The highest BCUT2D eigenvalue weighted by atomic mass is 79.9. The number of ether oxygens (including phenoxy) is 4. The summed E-state index contributed by atoms with van der Waals surface area (Å²) in [6.07, 6.45) is 5.17. The smallest absolute Gasteiger partial charge is 0.363 e. The number of hydrogen-bond donors (Lipinski definition) is 10. The van der Waals surface area contributed by atoms with Crippen LogP contribution in [0.5, 0.6) is 11.5 Å². The number of methoxy groups -OCH3 is 2. The second-order valence-electron chi connectivity index (χ2n) is 31.0. The summed E-state index contributed by atoms with van der Waals surface area (Å²) in [4.78, 5) is 67.6. The molecule has 11 aromatic heterocycles. The highest BCUT2D eigenvalue weighted by molar-refractivity contribution is 9.10. The highest BCUT2D eigenvalue weighted by Gasteiger charge is 2.34. The van der Waals surface area contributed by atoms with E-state index in [4.69, 9.17) is 67.4 Å². The fraction of sp³-hybridized carbons (Fsp3) is 0.386. The number of β-amino-alcohol motifs (C(OH)–C–C–N with tert-alkyl or cyclic N) is 5. The maximum atomic E-state index is 14.5. The number of fused-ring (bicyclic) bond motifs is 2. The van der Waals surface area contributed by atoms with Crippen LogP contribution >= 0.6 is 39.9 Å². The first-order chi connectivity index (χ1) is 63.6. The topological polar surface area (TPSA) is 539 Å². The van der Waals surface area contributed by atoms with Gasteiger partial charge in [-0.2, -0.15) is 9.59 Å². The zero-order valence-corrected chi connectivity index (χ0v) is 75.1. The van der Waals surface area contributed by atoms with Gasteiger partial charge in [0, 0.05) is 109 Å². The van der Waals surface area contributed by atoms with Crippen LogP contribution in [0.4, 0.5) is 86.3 Å². The van der Waals surface area contributed by atoms with Crippen LogP contribution in [-0.4, -0.2) is 253 Å². The lowest BCUT2D eigenvalue weighted by Gasteiger charge is -2.37. The third-order valence-corrected chi connectivity index (χ3v) is 22.0. The summed E-state index contributed by atoms with van der Waals surface area (Å²) in [6.45, 7) is 7.63. The van der Waals surface area contributed by atoms with E-state index in [-0.39, 0.29) is 76.4 Å². The van der Waals surface area contributed by atoms with E-state index in [1.807, 2.05) is 52.3 Å². The van der Waals surface area contributed by atoms with E-state index in [0.717, 1.165) is 71.7 Å². The number of pyridine rings is 7. The molecule has 2 atom stereocenters. The lowest BCUT2D eigenvalue weighted by atomic mass is 10.1. The van der Waals surface area contributed by atoms with Crippen molar-refractivity contribution in [1.82, 2.24) is 99.7 Å². The number of nitrogens with zero attached hydrogens (tertiary/aromatic N) is 25. The van der Waals surface area contributed by atoms with Gasteiger partial charge >= 0.3 is 11.6 Å². The number of tetrazole rings is 2. The third kappa shape index (κ3) is 24.6. The Labute approximate surface area is 775 Å². The molecule has 13 aromatic rings. The number of hydrogen-bond acceptors (Lipinski definition) is 37. The van der Waals surface area contributed by atoms with Gasteiger partial charge in [-0.1, -0.05) is 23.7 Å². The van der Waals surface area contributed by atoms with E-state index in [1.54, 1.807) is 81.2 Å². The minimum Gasteiger partial charge on any atom is -0.494 e. The van der Waals surface area contributed by atoms with E-state index < -0.39 is 46.8 Å². The van der Waals surface area contributed by atoms with Gasteiger partial charge in [0.05, 0.1) is 144 Å². The van der Waals surface area contributed by atoms with E-state index >= 15 is 0 Å². The molecule has 43 nitrogen and oxygen atoms in total. The Morgan fingerprint density at radius 1 is 0.526 bits per heavy atom. The molecule has 0 radical (unpaired) electrons. The summed E-state index contributed by atoms with van der Waals surface area (Å²) < 4.78 is 83.6. The second-order valence-corrected chi connectivity index (χ2v) is 32.3. The minimum atomic E-state index is -2.84. The molecule has 0 aliphatic carbocycles. The Morgan fingerprint density at radius 2 is 0.932 bits per heavy atom. The molecular weight excluding hydrogens is 1850 g/mol. The number of halogens is 7. The number of alkyl halides is 4. The van der Waals surface area contributed by atoms with Crippen LogP contribution in [0.2, 0.25) is 5.15 Å². The third-order valence-electron chi connectivity index (χ3n) is 21.3. The molecule has 50 heteroatoms. The highest BCUT2D eigenvalue weighted by Crippen LogP contribution is 2.44. The Bertz CT molecular complexity index is 5970. The number of benzene rings is 2. The number of aryl methyl sites for hydroxylation is 2. The Morgan fingerprint density at radius 3 is 1.26 bits per heavy atom. The zero-order chi connectivity index (χ0) is 93.4. The Hall–Kier alpha value is -13.2. The number of aliphatic hydroxyl groups excluding tert-OH is 5. The van der Waals surface area contributed by atoms with Gasteiger partial charge in [-0.25, -0.2) is 47.5 Å². The molecular formula is C83H95BrCl2F4N30O13. The van der Waals surface area contributed by atoms with Crippen molar-refractivity contribution >= 4 is 131 Å². The van der Waals surface area contributed by atoms with Gasteiger partial charge in [0.25, 0.3) is 12.9 Å². The molecule has 12 N–H and O–H groups in total. The fourth-order valence-electron chi connectivity index (χ4n) is 14.5. The number of nitrogens with one attached hydrogen (secondary N) is 3. The van der Waals surface area contributed by atoms with Crippen molar-refractivity contribution in [1.29, 1.82) is 0 Å². The van der Waals surface area contributed by atoms with Gasteiger partial charge < -0.3 is 112 Å². The number of nitrogen functional groups attached to an aromatic ring is 2. The fourth-order valence-corrected chi connectivity index (χ4v) is 14.9. The van der Waals surface area contributed by atoms with Gasteiger partial charge in [0.1, 0.15) is 40.3 Å². The summed E-state index contributed by atoms with van der Waals surface area (Å²) in [5.41, 5.74) is 20.2. The molecule has 7 saturated heterocycles. The van der Waals surface area contributed by atoms with Gasteiger partial charge in [-0.3, -0.25) is 14.1 Å². The van der Waals surface area contributed by atoms with Crippen molar-refractivity contribution in [2.24, 2.45) is 14.1 Å². The standard InChI is InChI=1S/C30H32F2N10O3.C21H21ClF2N8O2.C8H9N3O3.2C8H11N3O.C5H3BrN2O2.C3H7NO.ClH/c1-40-38-28(37-39-40)21-6-5-7-22(26(21)44-2)35-23-13-18(12-17-9-10-19(14-33-17)41-15-20(43)16-41)34-29-25(23)36-30(27(31)32)42(29)24-8-3-4-11-45-24;1-31-29-19(28-30-31)11-6-5-7-12(17(11)33-2)25-13-10-14(22)26-20-16(13)27-21(18(23)24)32(20)15-8-3-4-9-34-15;12-7-4-10(5-7)6-1-2-8(9-3-6)11(13)14;2*9-8-2-1-6(3-10-8)11-4-7(12)5-11;6-4-1-2-5(7-3-4)8(9)10;5-3-1-4-2-3;/h5-7,9-10,13-14,20,24,27,43H,3-4,8,11-12,15-16H2,1-2H3,(H,34,35);5-7,10,15,18H,3-4,8-9H2,1-2H3,(H,25,26);1-3,7,12H,4-5H2;2*1-3,7,12H,4-5H2,(H2,9,10);1-3H;3-5H,1-2H2;1H. The first kappa shape index (κ1) is 97.4. The Balaban J connectivity index is 0.000000148. The molecule has 7 aliphatic heterocycles. The van der Waals surface area contributed by atoms with E-state index in [1.165, 1.54) is 63.5 Å². The number of rotatable bonds is 20. The van der Waals surface area contributed by atoms with Crippen molar-refractivity contribution in [3.63, 3.8) is 0 Å². The quantitative estimate of drug-likeness (QED) is 0.0147. The molecule has 0 bridgehead atoms. The number of para-hydroxylation sites is 2. The Kier molecular flexibility index (Phi) is 32.8. The molecule has 0 amide bonds. The van der Waals surface area contributed by atoms with E-state index in [0.29, 0.717) is 165 Å². The van der Waals surface area contributed by atoms with Crippen molar-refractivity contribution in [2.75, 3.05) is 135 Å². The molecule has 20 rings (SSSR count). The zero-order valence-electron chi connectivity index (χ0n) is 71.9. The molecule has 7 aliphatic rings. The van der Waals surface area contributed by atoms with Crippen molar-refractivity contribution in [3.05, 3.63) is 193 Å². The van der Waals surface area contributed by atoms with E-state index in [2.05, 4.69) is 112 Å². The monoisotopic (exact) mass is 1940 g/mol. The lowest BCUT2D eigenvalue weighted by molar-refractivity contribution is -0.389.